The molecular formula is C21H18O3. The van der Waals surface area contributed by atoms with Crippen molar-refractivity contribution in [2.24, 2.45) is 23.7 Å². The van der Waals surface area contributed by atoms with Gasteiger partial charge in [-0.1, -0.05) is 54.1 Å². The van der Waals surface area contributed by atoms with E-state index in [4.69, 9.17) is 9.47 Å². The largest absolute Gasteiger partial charge is 0.493 e. The van der Waals surface area contributed by atoms with Crippen LogP contribution < -0.4 is 4.74 Å². The van der Waals surface area contributed by atoms with Crippen LogP contribution in [0.5, 0.6) is 5.75 Å². The second-order valence-electron chi connectivity index (χ2n) is 6.80. The lowest BCUT2D eigenvalue weighted by Gasteiger charge is -2.26. The number of carbonyl (C=O) groups excluding carboxylic acids is 1. The van der Waals surface area contributed by atoms with Crippen LogP contribution in [-0.2, 0) is 9.53 Å². The van der Waals surface area contributed by atoms with E-state index < -0.39 is 0 Å². The first-order valence-corrected chi connectivity index (χ1v) is 8.40. The molecule has 1 aliphatic heterocycles. The molecule has 0 N–H and O–H groups in total. The Kier molecular flexibility index (Phi) is 2.87. The van der Waals surface area contributed by atoms with Crippen molar-refractivity contribution in [2.75, 3.05) is 13.7 Å². The average Bonchev–Trinajstić information content (AvgIpc) is 3.14. The summed E-state index contributed by atoms with van der Waals surface area (Å²) in [5.74, 6) is 1.24. The Bertz CT molecular complexity index is 908. The summed E-state index contributed by atoms with van der Waals surface area (Å²) in [7, 11) is 1.47. The van der Waals surface area contributed by atoms with Crippen LogP contribution in [0.2, 0.25) is 0 Å². The maximum absolute atomic E-state index is 12.3. The van der Waals surface area contributed by atoms with Gasteiger partial charge in [-0.25, -0.2) is 0 Å². The molecule has 5 rings (SSSR count). The van der Waals surface area contributed by atoms with Crippen molar-refractivity contribution in [3.63, 3.8) is 0 Å². The predicted molar refractivity (Wildman–Crippen MR) is 92.5 cm³/mol. The van der Waals surface area contributed by atoms with E-state index >= 15 is 0 Å². The number of fused-ring (bicyclic) bond motifs is 3. The highest BCUT2D eigenvalue weighted by Crippen LogP contribution is 2.54. The Morgan fingerprint density at radius 1 is 1.12 bits per heavy atom. The molecule has 1 fully saturated rings. The molecular weight excluding hydrogens is 300 g/mol. The molecule has 4 atom stereocenters. The fourth-order valence-electron chi connectivity index (χ4n) is 4.65. The molecule has 4 bridgehead atoms. The summed E-state index contributed by atoms with van der Waals surface area (Å²) in [5, 5.41) is 2.40. The zero-order chi connectivity index (χ0) is 16.3. The number of esters is 1. The zero-order valence-electron chi connectivity index (χ0n) is 13.4. The minimum absolute atomic E-state index is 0.123. The van der Waals surface area contributed by atoms with E-state index in [2.05, 4.69) is 48.6 Å². The monoisotopic (exact) mass is 318 g/mol. The van der Waals surface area contributed by atoms with Crippen LogP contribution in [0.15, 0.2) is 54.1 Å². The number of hydrogen-bond donors (Lipinski definition) is 0. The molecule has 2 aliphatic carbocycles. The van der Waals surface area contributed by atoms with E-state index in [0.717, 1.165) is 11.3 Å². The molecule has 2 aromatic carbocycles. The highest BCUT2D eigenvalue weighted by Gasteiger charge is 2.52. The highest BCUT2D eigenvalue weighted by molar-refractivity contribution is 5.94. The van der Waals surface area contributed by atoms with E-state index in [-0.39, 0.29) is 29.6 Å². The van der Waals surface area contributed by atoms with E-state index in [1.807, 2.05) is 6.07 Å². The van der Waals surface area contributed by atoms with Gasteiger partial charge in [0.15, 0.2) is 0 Å². The molecule has 3 heteroatoms. The Morgan fingerprint density at radius 3 is 2.83 bits per heavy atom. The van der Waals surface area contributed by atoms with Crippen molar-refractivity contribution in [3.05, 3.63) is 59.7 Å². The molecule has 3 nitrogen and oxygen atoms in total. The standard InChI is InChI=1S/C21H18O3/c1-23-21(22)20-15-8-7-14-16(15)10-17-13-5-3-2-4-12(13)6-9-19(17)24-11-18(14)20/h2-10,14-15,18,20H,11H2,1H3/b16-10-/t14-,15+,18+,20+/m0/s1. The minimum Gasteiger partial charge on any atom is -0.493 e. The highest BCUT2D eigenvalue weighted by atomic mass is 16.5. The van der Waals surface area contributed by atoms with Gasteiger partial charge in [-0.05, 0) is 16.8 Å². The summed E-state index contributed by atoms with van der Waals surface area (Å²) < 4.78 is 11.2. The third-order valence-electron chi connectivity index (χ3n) is 5.75. The van der Waals surface area contributed by atoms with Gasteiger partial charge in [-0.15, -0.1) is 0 Å². The van der Waals surface area contributed by atoms with Gasteiger partial charge in [0.25, 0.3) is 0 Å². The lowest BCUT2D eigenvalue weighted by molar-refractivity contribution is -0.148. The summed E-state index contributed by atoms with van der Waals surface area (Å²) in [6, 6.07) is 12.5. The van der Waals surface area contributed by atoms with Crippen molar-refractivity contribution in [1.82, 2.24) is 0 Å². The van der Waals surface area contributed by atoms with Crippen LogP contribution in [0.3, 0.4) is 0 Å². The van der Waals surface area contributed by atoms with Gasteiger partial charge >= 0.3 is 5.97 Å². The normalized spacial score (nSPS) is 31.6. The molecule has 24 heavy (non-hydrogen) atoms. The van der Waals surface area contributed by atoms with Crippen molar-refractivity contribution < 1.29 is 14.3 Å². The first-order chi connectivity index (χ1) is 11.8. The summed E-state index contributed by atoms with van der Waals surface area (Å²) in [4.78, 5) is 12.3. The lowest BCUT2D eigenvalue weighted by atomic mass is 9.83. The Labute approximate surface area is 140 Å². The second kappa shape index (κ2) is 4.97. The molecule has 0 unspecified atom stereocenters. The molecule has 0 radical (unpaired) electrons. The van der Waals surface area contributed by atoms with Crippen LogP contribution in [0.25, 0.3) is 16.8 Å². The van der Waals surface area contributed by atoms with E-state index in [1.165, 1.54) is 23.5 Å². The molecule has 0 saturated heterocycles. The van der Waals surface area contributed by atoms with Gasteiger partial charge in [0, 0.05) is 23.3 Å². The van der Waals surface area contributed by atoms with Crippen molar-refractivity contribution >= 4 is 22.8 Å². The minimum atomic E-state index is -0.128. The number of allylic oxidation sites excluding steroid dienone is 3. The molecule has 1 saturated carbocycles. The fraction of sp³-hybridized carbons (Fsp3) is 0.286. The number of carbonyl (C=O) groups is 1. The maximum atomic E-state index is 12.3. The van der Waals surface area contributed by atoms with Gasteiger partial charge in [-0.2, -0.15) is 0 Å². The van der Waals surface area contributed by atoms with E-state index in [9.17, 15) is 4.79 Å². The molecule has 3 aliphatic rings. The topological polar surface area (TPSA) is 35.5 Å². The molecule has 0 spiro atoms. The number of rotatable bonds is 1. The van der Waals surface area contributed by atoms with E-state index in [0.29, 0.717) is 6.61 Å². The van der Waals surface area contributed by atoms with Crippen LogP contribution in [0.1, 0.15) is 5.56 Å². The quantitative estimate of drug-likeness (QED) is 0.592. The van der Waals surface area contributed by atoms with Gasteiger partial charge in [0.1, 0.15) is 5.75 Å². The Hall–Kier alpha value is -2.55. The number of hydrogen-bond acceptors (Lipinski definition) is 3. The number of ether oxygens (including phenoxy) is 2. The smallest absolute Gasteiger partial charge is 0.310 e. The summed E-state index contributed by atoms with van der Waals surface area (Å²) in [5.41, 5.74) is 2.46. The first kappa shape index (κ1) is 13.8. The lowest BCUT2D eigenvalue weighted by Crippen LogP contribution is -2.32. The molecule has 0 aromatic heterocycles. The zero-order valence-corrected chi connectivity index (χ0v) is 13.4. The predicted octanol–water partition coefficient (Wildman–Crippen LogP) is 3.84. The molecule has 1 heterocycles. The van der Waals surface area contributed by atoms with Crippen LogP contribution >= 0.6 is 0 Å². The Morgan fingerprint density at radius 2 is 1.96 bits per heavy atom. The second-order valence-corrected chi connectivity index (χ2v) is 6.80. The van der Waals surface area contributed by atoms with Gasteiger partial charge < -0.3 is 9.47 Å². The maximum Gasteiger partial charge on any atom is 0.310 e. The molecule has 2 aromatic rings. The Balaban J connectivity index is 1.71. The summed E-state index contributed by atoms with van der Waals surface area (Å²) in [6.45, 7) is 0.550. The first-order valence-electron chi connectivity index (χ1n) is 8.40. The summed E-state index contributed by atoms with van der Waals surface area (Å²) >= 11 is 0. The third-order valence-corrected chi connectivity index (χ3v) is 5.75. The van der Waals surface area contributed by atoms with E-state index in [1.54, 1.807) is 0 Å². The van der Waals surface area contributed by atoms with Gasteiger partial charge in [-0.3, -0.25) is 4.79 Å². The molecule has 120 valence electrons. The van der Waals surface area contributed by atoms with Crippen LogP contribution in [0, 0.1) is 23.7 Å². The van der Waals surface area contributed by atoms with Crippen molar-refractivity contribution in [1.29, 1.82) is 0 Å². The SMILES string of the molecule is COC(=O)[C@H]1[C@@H]2COc3ccc4ccccc4c3/C=C3\[C@H]1C=C[C@@H]32. The average molecular weight is 318 g/mol. The third kappa shape index (κ3) is 1.75. The van der Waals surface area contributed by atoms with Gasteiger partial charge in [0.05, 0.1) is 19.6 Å². The molecule has 0 amide bonds. The number of methoxy groups -OCH3 is 1. The number of benzene rings is 2. The van der Waals surface area contributed by atoms with Crippen molar-refractivity contribution in [3.8, 4) is 5.75 Å². The van der Waals surface area contributed by atoms with Crippen LogP contribution in [-0.4, -0.2) is 19.7 Å². The van der Waals surface area contributed by atoms with Crippen LogP contribution in [0.4, 0.5) is 0 Å². The van der Waals surface area contributed by atoms with Crippen molar-refractivity contribution in [2.45, 2.75) is 0 Å². The fourth-order valence-corrected chi connectivity index (χ4v) is 4.65. The summed E-state index contributed by atoms with van der Waals surface area (Å²) in [6.07, 6.45) is 6.66. The van der Waals surface area contributed by atoms with Gasteiger partial charge in [0.2, 0.25) is 0 Å².